The summed E-state index contributed by atoms with van der Waals surface area (Å²) >= 11 is 0. The van der Waals surface area contributed by atoms with Gasteiger partial charge in [0.05, 0.1) is 0 Å². The standard InChI is InChI=1S/C16H26N2O/c1-11(2)13-5-7-14(8-6-13)16(19)18-15(9-10-17)12(3)4/h5-8,11-12,15H,9-10,17H2,1-4H3,(H,18,19). The summed E-state index contributed by atoms with van der Waals surface area (Å²) in [6.07, 6.45) is 0.813. The molecule has 3 N–H and O–H groups in total. The Bertz CT molecular complexity index is 396. The molecule has 1 amide bonds. The molecule has 19 heavy (non-hydrogen) atoms. The zero-order valence-electron chi connectivity index (χ0n) is 12.4. The Hall–Kier alpha value is -1.35. The largest absolute Gasteiger partial charge is 0.349 e. The van der Waals surface area contributed by atoms with Crippen LogP contribution in [0.15, 0.2) is 24.3 Å². The molecule has 1 unspecified atom stereocenters. The Morgan fingerprint density at radius 2 is 1.74 bits per heavy atom. The second kappa shape index (κ2) is 7.29. The highest BCUT2D eigenvalue weighted by molar-refractivity contribution is 5.94. The van der Waals surface area contributed by atoms with Crippen LogP contribution in [0.5, 0.6) is 0 Å². The number of hydrogen-bond acceptors (Lipinski definition) is 2. The maximum atomic E-state index is 12.2. The van der Waals surface area contributed by atoms with Crippen molar-refractivity contribution in [2.75, 3.05) is 6.54 Å². The van der Waals surface area contributed by atoms with Gasteiger partial charge in [-0.25, -0.2) is 0 Å². The first-order valence-corrected chi connectivity index (χ1v) is 7.06. The minimum absolute atomic E-state index is 0.0116. The van der Waals surface area contributed by atoms with Crippen LogP contribution in [0.4, 0.5) is 0 Å². The lowest BCUT2D eigenvalue weighted by Crippen LogP contribution is -2.39. The van der Waals surface area contributed by atoms with Gasteiger partial charge in [0.2, 0.25) is 0 Å². The SMILES string of the molecule is CC(C)c1ccc(C(=O)NC(CCN)C(C)C)cc1. The number of rotatable bonds is 6. The van der Waals surface area contributed by atoms with Crippen molar-refractivity contribution in [2.24, 2.45) is 11.7 Å². The number of hydrogen-bond donors (Lipinski definition) is 2. The Labute approximate surface area is 116 Å². The molecule has 0 aliphatic heterocycles. The van der Waals surface area contributed by atoms with Crippen molar-refractivity contribution in [3.8, 4) is 0 Å². The minimum atomic E-state index is -0.0116. The van der Waals surface area contributed by atoms with Crippen molar-refractivity contribution in [1.29, 1.82) is 0 Å². The summed E-state index contributed by atoms with van der Waals surface area (Å²) in [4.78, 5) is 12.2. The molecule has 0 saturated carbocycles. The maximum absolute atomic E-state index is 12.2. The Kier molecular flexibility index (Phi) is 6.03. The van der Waals surface area contributed by atoms with Gasteiger partial charge in [0.15, 0.2) is 0 Å². The second-order valence-corrected chi connectivity index (χ2v) is 5.68. The number of nitrogens with one attached hydrogen (secondary N) is 1. The van der Waals surface area contributed by atoms with E-state index >= 15 is 0 Å². The zero-order valence-corrected chi connectivity index (χ0v) is 12.4. The quantitative estimate of drug-likeness (QED) is 0.828. The molecule has 0 aromatic heterocycles. The molecule has 0 bridgehead atoms. The molecule has 1 atom stereocenters. The van der Waals surface area contributed by atoms with Gasteiger partial charge < -0.3 is 11.1 Å². The predicted molar refractivity (Wildman–Crippen MR) is 80.3 cm³/mol. The lowest BCUT2D eigenvalue weighted by Gasteiger charge is -2.21. The van der Waals surface area contributed by atoms with Gasteiger partial charge >= 0.3 is 0 Å². The molecule has 106 valence electrons. The lowest BCUT2D eigenvalue weighted by molar-refractivity contribution is 0.0924. The third kappa shape index (κ3) is 4.67. The van der Waals surface area contributed by atoms with Gasteiger partial charge in [0, 0.05) is 11.6 Å². The summed E-state index contributed by atoms with van der Waals surface area (Å²) in [5.41, 5.74) is 7.55. The number of carbonyl (C=O) groups is 1. The van der Waals surface area contributed by atoms with Gasteiger partial charge in [-0.3, -0.25) is 4.79 Å². The van der Waals surface area contributed by atoms with Crippen LogP contribution in [-0.2, 0) is 0 Å². The first-order valence-electron chi connectivity index (χ1n) is 7.06. The molecule has 0 aliphatic rings. The molecule has 1 aromatic rings. The first kappa shape index (κ1) is 15.7. The molecule has 0 aliphatic carbocycles. The highest BCUT2D eigenvalue weighted by Crippen LogP contribution is 2.15. The van der Waals surface area contributed by atoms with E-state index in [0.29, 0.717) is 23.9 Å². The number of benzene rings is 1. The summed E-state index contributed by atoms with van der Waals surface area (Å²) < 4.78 is 0. The van der Waals surface area contributed by atoms with Crippen LogP contribution < -0.4 is 11.1 Å². The van der Waals surface area contributed by atoms with Gasteiger partial charge in [0.25, 0.3) is 5.91 Å². The molecule has 0 fully saturated rings. The summed E-state index contributed by atoms with van der Waals surface area (Å²) in [5, 5.41) is 3.06. The third-order valence-corrected chi connectivity index (χ3v) is 3.44. The second-order valence-electron chi connectivity index (χ2n) is 5.68. The van der Waals surface area contributed by atoms with E-state index in [1.165, 1.54) is 5.56 Å². The normalized spacial score (nSPS) is 12.8. The molecule has 3 nitrogen and oxygen atoms in total. The lowest BCUT2D eigenvalue weighted by atomic mass is 9.99. The number of carbonyl (C=O) groups excluding carboxylic acids is 1. The monoisotopic (exact) mass is 262 g/mol. The van der Waals surface area contributed by atoms with Crippen LogP contribution in [-0.4, -0.2) is 18.5 Å². The molecule has 0 spiro atoms. The fraction of sp³-hybridized carbons (Fsp3) is 0.562. The van der Waals surface area contributed by atoms with E-state index in [9.17, 15) is 4.79 Å². The van der Waals surface area contributed by atoms with E-state index in [-0.39, 0.29) is 11.9 Å². The van der Waals surface area contributed by atoms with Crippen molar-refractivity contribution in [2.45, 2.75) is 46.1 Å². The van der Waals surface area contributed by atoms with Gasteiger partial charge in [-0.05, 0) is 42.5 Å². The smallest absolute Gasteiger partial charge is 0.251 e. The van der Waals surface area contributed by atoms with Crippen LogP contribution >= 0.6 is 0 Å². The third-order valence-electron chi connectivity index (χ3n) is 3.44. The molecular weight excluding hydrogens is 236 g/mol. The van der Waals surface area contributed by atoms with Crippen LogP contribution in [0.3, 0.4) is 0 Å². The summed E-state index contributed by atoms with van der Waals surface area (Å²) in [5.74, 6) is 0.864. The zero-order chi connectivity index (χ0) is 14.4. The molecule has 0 saturated heterocycles. The molecule has 1 rings (SSSR count). The number of amides is 1. The van der Waals surface area contributed by atoms with E-state index in [4.69, 9.17) is 5.73 Å². The number of nitrogens with two attached hydrogens (primary N) is 1. The Morgan fingerprint density at radius 1 is 1.16 bits per heavy atom. The van der Waals surface area contributed by atoms with Crippen molar-refractivity contribution < 1.29 is 4.79 Å². The fourth-order valence-electron chi connectivity index (χ4n) is 2.02. The van der Waals surface area contributed by atoms with E-state index in [2.05, 4.69) is 33.0 Å². The van der Waals surface area contributed by atoms with Crippen molar-refractivity contribution in [3.05, 3.63) is 35.4 Å². The fourth-order valence-corrected chi connectivity index (χ4v) is 2.02. The van der Waals surface area contributed by atoms with E-state index in [1.807, 2.05) is 24.3 Å². The van der Waals surface area contributed by atoms with Crippen molar-refractivity contribution in [3.63, 3.8) is 0 Å². The van der Waals surface area contributed by atoms with Crippen molar-refractivity contribution >= 4 is 5.91 Å². The predicted octanol–water partition coefficient (Wildman–Crippen LogP) is 2.91. The van der Waals surface area contributed by atoms with Gasteiger partial charge in [-0.15, -0.1) is 0 Å². The molecular formula is C16H26N2O. The Morgan fingerprint density at radius 3 is 2.16 bits per heavy atom. The highest BCUT2D eigenvalue weighted by atomic mass is 16.1. The van der Waals surface area contributed by atoms with Crippen LogP contribution in [0.1, 0.15) is 56.0 Å². The average Bonchev–Trinajstić information content (AvgIpc) is 2.38. The highest BCUT2D eigenvalue weighted by Gasteiger charge is 2.16. The van der Waals surface area contributed by atoms with Crippen LogP contribution in [0.2, 0.25) is 0 Å². The average molecular weight is 262 g/mol. The minimum Gasteiger partial charge on any atom is -0.349 e. The van der Waals surface area contributed by atoms with E-state index in [1.54, 1.807) is 0 Å². The van der Waals surface area contributed by atoms with Crippen LogP contribution in [0, 0.1) is 5.92 Å². The molecule has 1 aromatic carbocycles. The molecule has 0 heterocycles. The van der Waals surface area contributed by atoms with E-state index < -0.39 is 0 Å². The molecule has 3 heteroatoms. The summed E-state index contributed by atoms with van der Waals surface area (Å²) in [6.45, 7) is 9.08. The maximum Gasteiger partial charge on any atom is 0.251 e. The summed E-state index contributed by atoms with van der Waals surface area (Å²) in [6, 6.07) is 7.97. The molecule has 0 radical (unpaired) electrons. The van der Waals surface area contributed by atoms with Crippen molar-refractivity contribution in [1.82, 2.24) is 5.32 Å². The summed E-state index contributed by atoms with van der Waals surface area (Å²) in [7, 11) is 0. The van der Waals surface area contributed by atoms with E-state index in [0.717, 1.165) is 6.42 Å². The van der Waals surface area contributed by atoms with Crippen LogP contribution in [0.25, 0.3) is 0 Å². The first-order chi connectivity index (χ1) is 8.95. The van der Waals surface area contributed by atoms with Gasteiger partial charge in [0.1, 0.15) is 0 Å². The Balaban J connectivity index is 2.71. The topological polar surface area (TPSA) is 55.1 Å². The van der Waals surface area contributed by atoms with Gasteiger partial charge in [-0.2, -0.15) is 0 Å². The van der Waals surface area contributed by atoms with Gasteiger partial charge in [-0.1, -0.05) is 39.8 Å².